The van der Waals surface area contributed by atoms with Gasteiger partial charge in [-0.3, -0.25) is 0 Å². The lowest BCUT2D eigenvalue weighted by atomic mass is 10.0. The van der Waals surface area contributed by atoms with Gasteiger partial charge in [-0.05, 0) is 40.5 Å². The molecular weight excluding hydrogens is 327 g/mol. The number of hydrogen-bond donors (Lipinski definition) is 1. The van der Waals surface area contributed by atoms with Crippen LogP contribution in [0.3, 0.4) is 0 Å². The van der Waals surface area contributed by atoms with Crippen LogP contribution in [-0.4, -0.2) is 7.05 Å². The topological polar surface area (TPSA) is 12.0 Å². The van der Waals surface area contributed by atoms with Gasteiger partial charge >= 0.3 is 0 Å². The van der Waals surface area contributed by atoms with Gasteiger partial charge in [0.2, 0.25) is 0 Å². The van der Waals surface area contributed by atoms with E-state index in [1.165, 1.54) is 11.3 Å². The standard InChI is InChI=1S/C12H9BrF3NS/c1-17-11(12-7(13)2-3-18-12)6-4-9(15)10(16)5-8(6)14/h2-5,11,17H,1H3. The number of nitrogens with one attached hydrogen (secondary N) is 1. The number of halogens is 4. The van der Waals surface area contributed by atoms with Crippen molar-refractivity contribution in [2.45, 2.75) is 6.04 Å². The van der Waals surface area contributed by atoms with Crippen molar-refractivity contribution in [3.05, 3.63) is 55.9 Å². The summed E-state index contributed by atoms with van der Waals surface area (Å²) < 4.78 is 40.7. The Morgan fingerprint density at radius 2 is 1.83 bits per heavy atom. The monoisotopic (exact) mass is 335 g/mol. The highest BCUT2D eigenvalue weighted by Crippen LogP contribution is 2.34. The first-order chi connectivity index (χ1) is 8.54. The van der Waals surface area contributed by atoms with E-state index >= 15 is 0 Å². The Morgan fingerprint density at radius 1 is 1.17 bits per heavy atom. The van der Waals surface area contributed by atoms with Crippen molar-refractivity contribution in [2.24, 2.45) is 0 Å². The molecule has 96 valence electrons. The molecule has 1 aromatic heterocycles. The molecule has 0 amide bonds. The van der Waals surface area contributed by atoms with Crippen molar-refractivity contribution in [1.82, 2.24) is 5.32 Å². The van der Waals surface area contributed by atoms with Crippen molar-refractivity contribution in [3.8, 4) is 0 Å². The van der Waals surface area contributed by atoms with Crippen molar-refractivity contribution < 1.29 is 13.2 Å². The molecular formula is C12H9BrF3NS. The van der Waals surface area contributed by atoms with Crippen LogP contribution in [0.1, 0.15) is 16.5 Å². The molecule has 0 bridgehead atoms. The molecule has 2 rings (SSSR count). The molecule has 1 unspecified atom stereocenters. The maximum atomic E-state index is 13.7. The maximum Gasteiger partial charge on any atom is 0.161 e. The molecule has 0 saturated carbocycles. The maximum absolute atomic E-state index is 13.7. The smallest absolute Gasteiger partial charge is 0.161 e. The van der Waals surface area contributed by atoms with Gasteiger partial charge in [0, 0.05) is 21.0 Å². The van der Waals surface area contributed by atoms with Crippen LogP contribution >= 0.6 is 27.3 Å². The molecule has 1 heterocycles. The summed E-state index contributed by atoms with van der Waals surface area (Å²) in [5, 5.41) is 4.74. The van der Waals surface area contributed by atoms with Gasteiger partial charge in [0.05, 0.1) is 6.04 Å². The zero-order valence-corrected chi connectivity index (χ0v) is 11.7. The molecule has 0 radical (unpaired) electrons. The second kappa shape index (κ2) is 5.42. The molecule has 1 N–H and O–H groups in total. The van der Waals surface area contributed by atoms with Gasteiger partial charge in [-0.25, -0.2) is 13.2 Å². The first kappa shape index (κ1) is 13.6. The van der Waals surface area contributed by atoms with Gasteiger partial charge in [-0.15, -0.1) is 11.3 Å². The first-order valence-electron chi connectivity index (χ1n) is 5.09. The fourth-order valence-corrected chi connectivity index (χ4v) is 3.43. The fourth-order valence-electron chi connectivity index (χ4n) is 1.70. The van der Waals surface area contributed by atoms with Gasteiger partial charge in [-0.2, -0.15) is 0 Å². The van der Waals surface area contributed by atoms with Gasteiger partial charge < -0.3 is 5.32 Å². The van der Waals surface area contributed by atoms with Crippen LogP contribution in [0.4, 0.5) is 13.2 Å². The van der Waals surface area contributed by atoms with E-state index < -0.39 is 23.5 Å². The normalized spacial score (nSPS) is 12.7. The molecule has 0 aliphatic carbocycles. The summed E-state index contributed by atoms with van der Waals surface area (Å²) in [6.45, 7) is 0. The van der Waals surface area contributed by atoms with E-state index in [2.05, 4.69) is 21.2 Å². The number of hydrogen-bond acceptors (Lipinski definition) is 2. The van der Waals surface area contributed by atoms with E-state index in [1.54, 1.807) is 7.05 Å². The van der Waals surface area contributed by atoms with E-state index in [1.807, 2.05) is 11.4 Å². The van der Waals surface area contributed by atoms with Crippen molar-refractivity contribution in [3.63, 3.8) is 0 Å². The van der Waals surface area contributed by atoms with Crippen LogP contribution in [0.15, 0.2) is 28.1 Å². The zero-order valence-electron chi connectivity index (χ0n) is 9.31. The lowest BCUT2D eigenvalue weighted by Crippen LogP contribution is -2.18. The zero-order chi connectivity index (χ0) is 13.3. The Labute approximate surface area is 115 Å². The minimum atomic E-state index is -1.18. The van der Waals surface area contributed by atoms with Gasteiger partial charge in [-0.1, -0.05) is 0 Å². The Kier molecular flexibility index (Phi) is 4.09. The lowest BCUT2D eigenvalue weighted by Gasteiger charge is -2.17. The molecule has 1 atom stereocenters. The SMILES string of the molecule is CNC(c1cc(F)c(F)cc1F)c1sccc1Br. The Bertz CT molecular complexity index is 570. The van der Waals surface area contributed by atoms with E-state index in [4.69, 9.17) is 0 Å². The molecule has 2 aromatic rings. The Balaban J connectivity index is 2.52. The third-order valence-electron chi connectivity index (χ3n) is 2.55. The van der Waals surface area contributed by atoms with Gasteiger partial charge in [0.25, 0.3) is 0 Å². The number of rotatable bonds is 3. The van der Waals surface area contributed by atoms with E-state index in [0.717, 1.165) is 15.4 Å². The minimum Gasteiger partial charge on any atom is -0.309 e. The summed E-state index contributed by atoms with van der Waals surface area (Å²) in [7, 11) is 1.64. The average molecular weight is 336 g/mol. The summed E-state index contributed by atoms with van der Waals surface area (Å²) in [6, 6.07) is 2.76. The second-order valence-corrected chi connectivity index (χ2v) is 5.44. The van der Waals surface area contributed by atoms with E-state index in [-0.39, 0.29) is 5.56 Å². The highest BCUT2D eigenvalue weighted by atomic mass is 79.9. The van der Waals surface area contributed by atoms with Crippen LogP contribution in [0.25, 0.3) is 0 Å². The van der Waals surface area contributed by atoms with Crippen molar-refractivity contribution >= 4 is 27.3 Å². The first-order valence-corrected chi connectivity index (χ1v) is 6.76. The lowest BCUT2D eigenvalue weighted by molar-refractivity contribution is 0.484. The summed E-state index contributed by atoms with van der Waals surface area (Å²) in [5.74, 6) is -3.01. The Morgan fingerprint density at radius 3 is 2.39 bits per heavy atom. The molecule has 0 aliphatic heterocycles. The predicted molar refractivity (Wildman–Crippen MR) is 69.2 cm³/mol. The van der Waals surface area contributed by atoms with Gasteiger partial charge in [0.1, 0.15) is 5.82 Å². The number of benzene rings is 1. The Hall–Kier alpha value is -0.850. The van der Waals surface area contributed by atoms with E-state index in [0.29, 0.717) is 6.07 Å². The van der Waals surface area contributed by atoms with Crippen LogP contribution in [-0.2, 0) is 0 Å². The van der Waals surface area contributed by atoms with Crippen LogP contribution in [0, 0.1) is 17.5 Å². The van der Waals surface area contributed by atoms with Crippen molar-refractivity contribution in [1.29, 1.82) is 0 Å². The predicted octanol–water partition coefficient (Wildman–Crippen LogP) is 4.24. The third kappa shape index (κ3) is 2.46. The highest BCUT2D eigenvalue weighted by molar-refractivity contribution is 9.10. The summed E-state index contributed by atoms with van der Waals surface area (Å²) in [5.41, 5.74) is 0.0829. The third-order valence-corrected chi connectivity index (χ3v) is 4.48. The summed E-state index contributed by atoms with van der Waals surface area (Å²) in [6.07, 6.45) is 0. The molecule has 1 nitrogen and oxygen atoms in total. The highest BCUT2D eigenvalue weighted by Gasteiger charge is 2.21. The molecule has 18 heavy (non-hydrogen) atoms. The van der Waals surface area contributed by atoms with E-state index in [9.17, 15) is 13.2 Å². The molecule has 0 saturated heterocycles. The molecule has 0 fully saturated rings. The van der Waals surface area contributed by atoms with Crippen LogP contribution < -0.4 is 5.32 Å². The van der Waals surface area contributed by atoms with Crippen molar-refractivity contribution in [2.75, 3.05) is 7.05 Å². The second-order valence-electron chi connectivity index (χ2n) is 3.64. The molecule has 0 spiro atoms. The molecule has 6 heteroatoms. The number of thiophene rings is 1. The molecule has 1 aromatic carbocycles. The van der Waals surface area contributed by atoms with Crippen LogP contribution in [0.2, 0.25) is 0 Å². The quantitative estimate of drug-likeness (QED) is 0.827. The average Bonchev–Trinajstić information content (AvgIpc) is 2.73. The van der Waals surface area contributed by atoms with Crippen LogP contribution in [0.5, 0.6) is 0 Å². The summed E-state index contributed by atoms with van der Waals surface area (Å²) >= 11 is 4.75. The largest absolute Gasteiger partial charge is 0.309 e. The van der Waals surface area contributed by atoms with Gasteiger partial charge in [0.15, 0.2) is 11.6 Å². The summed E-state index contributed by atoms with van der Waals surface area (Å²) in [4.78, 5) is 0.808. The fraction of sp³-hybridized carbons (Fsp3) is 0.167. The minimum absolute atomic E-state index is 0.0829. The molecule has 0 aliphatic rings.